The fourth-order valence-electron chi connectivity index (χ4n) is 3.52. The number of nitrogens with one attached hydrogen (secondary N) is 3. The van der Waals surface area contributed by atoms with Crippen molar-refractivity contribution >= 4 is 44.9 Å². The fourth-order valence-corrected chi connectivity index (χ4v) is 3.99. The monoisotopic (exact) mass is 522 g/mol. The minimum atomic E-state index is -4.75. The third-order valence-corrected chi connectivity index (χ3v) is 6.61. The van der Waals surface area contributed by atoms with Crippen molar-refractivity contribution in [3.8, 4) is 0 Å². The smallest absolute Gasteiger partial charge is 0.365 e. The molecule has 190 valence electrons. The number of alkyl halides is 3. The number of amides is 1. The van der Waals surface area contributed by atoms with E-state index in [1.165, 1.54) is 13.4 Å². The van der Waals surface area contributed by atoms with Crippen LogP contribution in [0.15, 0.2) is 30.7 Å². The molecule has 1 aliphatic rings. The zero-order valence-corrected chi connectivity index (χ0v) is 20.1. The molecule has 0 spiro atoms. The maximum absolute atomic E-state index is 13.7. The Morgan fingerprint density at radius 3 is 2.64 bits per heavy atom. The van der Waals surface area contributed by atoms with Crippen molar-refractivity contribution in [2.24, 2.45) is 0 Å². The lowest BCUT2D eigenvalue weighted by atomic mass is 10.1. The van der Waals surface area contributed by atoms with Gasteiger partial charge in [-0.25, -0.2) is 23.4 Å². The second kappa shape index (κ2) is 9.22. The van der Waals surface area contributed by atoms with Gasteiger partial charge in [0.25, 0.3) is 0 Å². The number of hydrogen-bond acceptors (Lipinski definition) is 9. The summed E-state index contributed by atoms with van der Waals surface area (Å²) >= 11 is 0. The molecule has 0 unspecified atom stereocenters. The van der Waals surface area contributed by atoms with E-state index in [0.717, 1.165) is 16.1 Å². The first-order chi connectivity index (χ1) is 16.8. The van der Waals surface area contributed by atoms with E-state index < -0.39 is 27.6 Å². The van der Waals surface area contributed by atoms with E-state index in [-0.39, 0.29) is 36.2 Å². The fraction of sp³-hybridized carbons (Fsp3) is 0.286. The highest BCUT2D eigenvalue weighted by molar-refractivity contribution is 7.92. The maximum atomic E-state index is 13.7. The Morgan fingerprint density at radius 1 is 1.19 bits per heavy atom. The molecule has 0 atom stereocenters. The molecule has 15 heteroatoms. The molecule has 1 amide bonds. The Bertz CT molecular complexity index is 1450. The molecule has 0 saturated heterocycles. The molecule has 0 fully saturated rings. The van der Waals surface area contributed by atoms with Gasteiger partial charge in [-0.05, 0) is 30.7 Å². The zero-order chi connectivity index (χ0) is 26.3. The van der Waals surface area contributed by atoms with Gasteiger partial charge in [-0.2, -0.15) is 18.2 Å². The molecule has 11 nitrogen and oxygen atoms in total. The van der Waals surface area contributed by atoms with Crippen LogP contribution in [0.2, 0.25) is 0 Å². The Morgan fingerprint density at radius 2 is 1.94 bits per heavy atom. The second-order valence-corrected chi connectivity index (χ2v) is 10.0. The van der Waals surface area contributed by atoms with Crippen molar-refractivity contribution in [1.29, 1.82) is 0 Å². The van der Waals surface area contributed by atoms with Crippen LogP contribution >= 0.6 is 0 Å². The quantitative estimate of drug-likeness (QED) is 0.427. The van der Waals surface area contributed by atoms with E-state index >= 15 is 0 Å². The maximum Gasteiger partial charge on any atom is 0.421 e. The topological polar surface area (TPSA) is 142 Å². The number of aryl methyl sites for hydroxylation is 1. The number of anilines is 5. The van der Waals surface area contributed by atoms with Gasteiger partial charge in [-0.15, -0.1) is 0 Å². The summed E-state index contributed by atoms with van der Waals surface area (Å²) in [5, 5.41) is 8.17. The number of carbonyl (C=O) groups excluding carboxylic acids is 1. The summed E-state index contributed by atoms with van der Waals surface area (Å²) in [7, 11) is -2.40. The molecule has 0 saturated carbocycles. The number of nitrogens with zero attached hydrogens (tertiary/aromatic N) is 5. The van der Waals surface area contributed by atoms with E-state index in [0.29, 0.717) is 23.3 Å². The van der Waals surface area contributed by atoms with Crippen LogP contribution in [-0.4, -0.2) is 47.6 Å². The van der Waals surface area contributed by atoms with Crippen molar-refractivity contribution in [3.63, 3.8) is 0 Å². The summed E-state index contributed by atoms with van der Waals surface area (Å²) in [6.45, 7) is 1.34. The predicted molar refractivity (Wildman–Crippen MR) is 126 cm³/mol. The van der Waals surface area contributed by atoms with Crippen molar-refractivity contribution in [2.45, 2.75) is 26.1 Å². The highest BCUT2D eigenvalue weighted by atomic mass is 32.2. The number of fused-ring (bicyclic) bond motifs is 1. The van der Waals surface area contributed by atoms with Gasteiger partial charge in [0.15, 0.2) is 0 Å². The third kappa shape index (κ3) is 5.30. The lowest BCUT2D eigenvalue weighted by molar-refractivity contribution is -0.137. The van der Waals surface area contributed by atoms with Crippen LogP contribution in [-0.2, 0) is 34.0 Å². The van der Waals surface area contributed by atoms with Crippen LogP contribution in [0.25, 0.3) is 0 Å². The summed E-state index contributed by atoms with van der Waals surface area (Å²) in [4.78, 5) is 27.4. The Labute approximate surface area is 204 Å². The predicted octanol–water partition coefficient (Wildman–Crippen LogP) is 2.84. The van der Waals surface area contributed by atoms with E-state index in [1.807, 2.05) is 0 Å². The average Bonchev–Trinajstić information content (AvgIpc) is 3.15. The lowest BCUT2D eigenvalue weighted by Gasteiger charge is -2.21. The second-order valence-electron chi connectivity index (χ2n) is 8.02. The Kier molecular flexibility index (Phi) is 6.43. The van der Waals surface area contributed by atoms with Crippen molar-refractivity contribution in [3.05, 3.63) is 53.1 Å². The Hall–Kier alpha value is -4.01. The summed E-state index contributed by atoms with van der Waals surface area (Å²) in [5.74, 6) is -0.758. The van der Waals surface area contributed by atoms with Gasteiger partial charge in [-0.3, -0.25) is 9.10 Å². The molecular formula is C21H21F3N8O3S. The van der Waals surface area contributed by atoms with Crippen LogP contribution in [0, 0.1) is 6.92 Å². The van der Waals surface area contributed by atoms with Gasteiger partial charge < -0.3 is 16.0 Å². The van der Waals surface area contributed by atoms with Crippen LogP contribution < -0.4 is 20.3 Å². The first kappa shape index (κ1) is 25.1. The van der Waals surface area contributed by atoms with Gasteiger partial charge in [0.05, 0.1) is 12.7 Å². The molecule has 2 aromatic heterocycles. The molecule has 1 aliphatic heterocycles. The first-order valence-corrected chi connectivity index (χ1v) is 12.3. The van der Waals surface area contributed by atoms with E-state index in [2.05, 4.69) is 35.9 Å². The van der Waals surface area contributed by atoms with Crippen LogP contribution in [0.4, 0.5) is 42.1 Å². The molecule has 0 bridgehead atoms. The SMILES string of the molecule is Cc1ncnc(N(C)S(C)(=O)=O)c1CNc1nc(Nc2ccc3c(c2)CC(=O)N3)ncc1C(F)(F)F. The number of carbonyl (C=O) groups is 1. The van der Waals surface area contributed by atoms with E-state index in [1.54, 1.807) is 25.1 Å². The highest BCUT2D eigenvalue weighted by Gasteiger charge is 2.35. The van der Waals surface area contributed by atoms with E-state index in [9.17, 15) is 26.4 Å². The van der Waals surface area contributed by atoms with Gasteiger partial charge in [0, 0.05) is 42.4 Å². The number of aromatic nitrogens is 4. The Balaban J connectivity index is 1.64. The number of hydrogen-bond donors (Lipinski definition) is 3. The molecule has 3 heterocycles. The number of sulfonamides is 1. The molecular weight excluding hydrogens is 501 g/mol. The van der Waals surface area contributed by atoms with E-state index in [4.69, 9.17) is 0 Å². The molecule has 1 aromatic carbocycles. The summed E-state index contributed by atoms with van der Waals surface area (Å²) in [6.07, 6.45) is -1.77. The molecule has 0 radical (unpaired) electrons. The van der Waals surface area contributed by atoms with Gasteiger partial charge >= 0.3 is 6.18 Å². The summed E-state index contributed by atoms with van der Waals surface area (Å²) in [6, 6.07) is 4.99. The number of halogens is 3. The highest BCUT2D eigenvalue weighted by Crippen LogP contribution is 2.35. The van der Waals surface area contributed by atoms with Crippen LogP contribution in [0.1, 0.15) is 22.4 Å². The minimum absolute atomic E-state index is 0.0276. The first-order valence-electron chi connectivity index (χ1n) is 10.4. The molecule has 3 N–H and O–H groups in total. The summed E-state index contributed by atoms with van der Waals surface area (Å²) in [5.41, 5.74) is 1.44. The largest absolute Gasteiger partial charge is 0.421 e. The molecule has 36 heavy (non-hydrogen) atoms. The average molecular weight is 523 g/mol. The van der Waals surface area contributed by atoms with Crippen LogP contribution in [0.3, 0.4) is 0 Å². The summed E-state index contributed by atoms with van der Waals surface area (Å²) < 4.78 is 65.9. The number of rotatable bonds is 7. The van der Waals surface area contributed by atoms with Crippen molar-refractivity contribution in [2.75, 3.05) is 33.6 Å². The molecule has 4 rings (SSSR count). The standard InChI is InChI=1S/C21H21F3N8O3S/c1-11-14(19(28-10-27-11)32(2)36(3,34)35)8-25-18-15(21(22,23)24)9-26-20(31-18)29-13-4-5-16-12(6-13)7-17(33)30-16/h4-6,9-10H,7-8H2,1-3H3,(H,30,33)(H2,25,26,29,31). The molecule has 3 aromatic rings. The van der Waals surface area contributed by atoms with Crippen LogP contribution in [0.5, 0.6) is 0 Å². The minimum Gasteiger partial charge on any atom is -0.365 e. The number of benzene rings is 1. The zero-order valence-electron chi connectivity index (χ0n) is 19.3. The molecule has 0 aliphatic carbocycles. The van der Waals surface area contributed by atoms with Gasteiger partial charge in [0.1, 0.15) is 23.5 Å². The lowest BCUT2D eigenvalue weighted by Crippen LogP contribution is -2.28. The third-order valence-electron chi connectivity index (χ3n) is 5.45. The van der Waals surface area contributed by atoms with Gasteiger partial charge in [0.2, 0.25) is 21.9 Å². The van der Waals surface area contributed by atoms with Gasteiger partial charge in [-0.1, -0.05) is 0 Å². The van der Waals surface area contributed by atoms with Crippen molar-refractivity contribution < 1.29 is 26.4 Å². The normalized spacial score (nSPS) is 13.2. The van der Waals surface area contributed by atoms with Crippen molar-refractivity contribution in [1.82, 2.24) is 19.9 Å².